The average molecular weight is 338 g/mol. The van der Waals surface area contributed by atoms with Crippen LogP contribution in [0.25, 0.3) is 0 Å². The summed E-state index contributed by atoms with van der Waals surface area (Å²) in [6.07, 6.45) is -4.37. The number of hydrogen-bond acceptors (Lipinski definition) is 2. The van der Waals surface area contributed by atoms with E-state index in [9.17, 15) is 17.6 Å². The van der Waals surface area contributed by atoms with Crippen molar-refractivity contribution < 1.29 is 17.6 Å². The molecule has 2 nitrogen and oxygen atoms in total. The van der Waals surface area contributed by atoms with E-state index in [1.54, 1.807) is 18.2 Å². The maximum Gasteiger partial charge on any atom is 0.416 e. The zero-order valence-electron chi connectivity index (χ0n) is 13.0. The Hall–Kier alpha value is -1.92. The van der Waals surface area contributed by atoms with Gasteiger partial charge in [0.1, 0.15) is 5.82 Å². The lowest BCUT2D eigenvalue weighted by Gasteiger charge is -2.35. The lowest BCUT2D eigenvalue weighted by atomic mass is 9.95. The van der Waals surface area contributed by atoms with Crippen LogP contribution in [0.3, 0.4) is 0 Å². The Bertz CT molecular complexity index is 676. The van der Waals surface area contributed by atoms with Crippen molar-refractivity contribution in [1.29, 1.82) is 0 Å². The molecule has 0 bridgehead atoms. The highest BCUT2D eigenvalue weighted by Gasteiger charge is 2.31. The zero-order chi connectivity index (χ0) is 17.2. The molecule has 3 rings (SSSR count). The molecule has 1 N–H and O–H groups in total. The number of benzene rings is 2. The summed E-state index contributed by atoms with van der Waals surface area (Å²) in [4.78, 5) is 2.09. The molecule has 2 aromatic carbocycles. The number of rotatable bonds is 3. The van der Waals surface area contributed by atoms with Gasteiger partial charge in [-0.15, -0.1) is 0 Å². The van der Waals surface area contributed by atoms with Crippen LogP contribution in [0.2, 0.25) is 0 Å². The first kappa shape index (κ1) is 16.9. The predicted octanol–water partition coefficient (Wildman–Crippen LogP) is 3.84. The molecule has 1 unspecified atom stereocenters. The molecule has 1 saturated heterocycles. The SMILES string of the molecule is Fc1ccccc1C(c1ccc(C(F)(F)F)cc1)N1CCNCC1. The second-order valence-electron chi connectivity index (χ2n) is 5.83. The van der Waals surface area contributed by atoms with Crippen LogP contribution in [-0.2, 0) is 6.18 Å². The molecule has 0 radical (unpaired) electrons. The van der Waals surface area contributed by atoms with Crippen molar-refractivity contribution in [3.05, 3.63) is 71.0 Å². The van der Waals surface area contributed by atoms with Crippen molar-refractivity contribution >= 4 is 0 Å². The van der Waals surface area contributed by atoms with Gasteiger partial charge in [-0.2, -0.15) is 13.2 Å². The minimum absolute atomic E-state index is 0.346. The molecule has 6 heteroatoms. The topological polar surface area (TPSA) is 15.3 Å². The van der Waals surface area contributed by atoms with Crippen LogP contribution in [0.4, 0.5) is 17.6 Å². The molecule has 0 saturated carbocycles. The number of piperazine rings is 1. The zero-order valence-corrected chi connectivity index (χ0v) is 13.0. The monoisotopic (exact) mass is 338 g/mol. The Labute approximate surface area is 138 Å². The molecule has 0 aliphatic carbocycles. The Morgan fingerprint density at radius 1 is 0.917 bits per heavy atom. The van der Waals surface area contributed by atoms with Gasteiger partial charge < -0.3 is 5.32 Å². The molecular weight excluding hydrogens is 320 g/mol. The largest absolute Gasteiger partial charge is 0.416 e. The van der Waals surface area contributed by atoms with E-state index in [0.29, 0.717) is 24.2 Å². The summed E-state index contributed by atoms with van der Waals surface area (Å²) in [5.74, 6) is -0.346. The second kappa shape index (κ2) is 6.91. The van der Waals surface area contributed by atoms with Gasteiger partial charge in [0.15, 0.2) is 0 Å². The van der Waals surface area contributed by atoms with Gasteiger partial charge in [0.25, 0.3) is 0 Å². The third kappa shape index (κ3) is 3.60. The fourth-order valence-electron chi connectivity index (χ4n) is 3.08. The van der Waals surface area contributed by atoms with E-state index in [-0.39, 0.29) is 5.82 Å². The summed E-state index contributed by atoms with van der Waals surface area (Å²) in [7, 11) is 0. The first-order valence-electron chi connectivity index (χ1n) is 7.83. The van der Waals surface area contributed by atoms with E-state index in [4.69, 9.17) is 0 Å². The van der Waals surface area contributed by atoms with Crippen molar-refractivity contribution in [2.75, 3.05) is 26.2 Å². The molecule has 1 fully saturated rings. The molecule has 0 amide bonds. The molecule has 128 valence electrons. The number of alkyl halides is 3. The van der Waals surface area contributed by atoms with Crippen molar-refractivity contribution in [2.24, 2.45) is 0 Å². The van der Waals surface area contributed by atoms with Gasteiger partial charge in [-0.25, -0.2) is 4.39 Å². The summed E-state index contributed by atoms with van der Waals surface area (Å²) < 4.78 is 52.7. The van der Waals surface area contributed by atoms with Crippen molar-refractivity contribution in [2.45, 2.75) is 12.2 Å². The van der Waals surface area contributed by atoms with Crippen molar-refractivity contribution in [3.8, 4) is 0 Å². The third-order valence-electron chi connectivity index (χ3n) is 4.27. The quantitative estimate of drug-likeness (QED) is 0.856. The first-order valence-corrected chi connectivity index (χ1v) is 7.83. The normalized spacial score (nSPS) is 17.7. The summed E-state index contributed by atoms with van der Waals surface area (Å²) in [5.41, 5.74) is 0.452. The highest BCUT2D eigenvalue weighted by Crippen LogP contribution is 2.34. The Morgan fingerprint density at radius 2 is 1.54 bits per heavy atom. The molecule has 0 spiro atoms. The van der Waals surface area contributed by atoms with Crippen LogP contribution in [0.1, 0.15) is 22.7 Å². The maximum absolute atomic E-state index is 14.3. The summed E-state index contributed by atoms with van der Waals surface area (Å²) in [6.45, 7) is 2.96. The van der Waals surface area contributed by atoms with Gasteiger partial charge >= 0.3 is 6.18 Å². The summed E-state index contributed by atoms with van der Waals surface area (Å²) in [6, 6.07) is 11.1. The average Bonchev–Trinajstić information content (AvgIpc) is 2.58. The molecule has 1 aliphatic heterocycles. The Kier molecular flexibility index (Phi) is 4.87. The van der Waals surface area contributed by atoms with Crippen molar-refractivity contribution in [1.82, 2.24) is 10.2 Å². The standard InChI is InChI=1S/C18H18F4N2/c19-16-4-2-1-3-15(16)17(24-11-9-23-10-12-24)13-5-7-14(8-6-13)18(20,21)22/h1-8,17,23H,9-12H2. The van der Waals surface area contributed by atoms with E-state index >= 15 is 0 Å². The minimum Gasteiger partial charge on any atom is -0.314 e. The minimum atomic E-state index is -4.37. The molecule has 2 aromatic rings. The van der Waals surface area contributed by atoms with Gasteiger partial charge in [-0.1, -0.05) is 30.3 Å². The number of nitrogens with zero attached hydrogens (tertiary/aromatic N) is 1. The lowest BCUT2D eigenvalue weighted by Crippen LogP contribution is -2.45. The van der Waals surface area contributed by atoms with Crippen LogP contribution >= 0.6 is 0 Å². The van der Waals surface area contributed by atoms with Crippen molar-refractivity contribution in [3.63, 3.8) is 0 Å². The third-order valence-corrected chi connectivity index (χ3v) is 4.27. The Balaban J connectivity index is 1.99. The fourth-order valence-corrected chi connectivity index (χ4v) is 3.08. The molecule has 0 aromatic heterocycles. The fraction of sp³-hybridized carbons (Fsp3) is 0.333. The van der Waals surface area contributed by atoms with Crippen LogP contribution in [0.5, 0.6) is 0 Å². The van der Waals surface area contributed by atoms with E-state index in [1.165, 1.54) is 18.2 Å². The molecule has 1 heterocycles. The number of hydrogen-bond donors (Lipinski definition) is 1. The smallest absolute Gasteiger partial charge is 0.314 e. The van der Waals surface area contributed by atoms with Gasteiger partial charge in [0, 0.05) is 31.7 Å². The highest BCUT2D eigenvalue weighted by molar-refractivity contribution is 5.35. The van der Waals surface area contributed by atoms with Gasteiger partial charge in [-0.3, -0.25) is 4.90 Å². The summed E-state index contributed by atoms with van der Waals surface area (Å²) >= 11 is 0. The van der Waals surface area contributed by atoms with Gasteiger partial charge in [0.2, 0.25) is 0 Å². The first-order chi connectivity index (χ1) is 11.5. The van der Waals surface area contributed by atoms with E-state index < -0.39 is 17.8 Å². The van der Waals surface area contributed by atoms with Crippen LogP contribution in [0, 0.1) is 5.82 Å². The Morgan fingerprint density at radius 3 is 2.12 bits per heavy atom. The number of nitrogens with one attached hydrogen (secondary N) is 1. The molecular formula is C18H18F4N2. The number of halogens is 4. The molecule has 1 aliphatic rings. The van der Waals surface area contributed by atoms with E-state index in [1.807, 2.05) is 0 Å². The van der Waals surface area contributed by atoms with E-state index in [2.05, 4.69) is 10.2 Å². The van der Waals surface area contributed by atoms with Gasteiger partial charge in [-0.05, 0) is 23.8 Å². The van der Waals surface area contributed by atoms with Gasteiger partial charge in [0.05, 0.1) is 11.6 Å². The molecule has 1 atom stereocenters. The predicted molar refractivity (Wildman–Crippen MR) is 84.1 cm³/mol. The highest BCUT2D eigenvalue weighted by atomic mass is 19.4. The lowest BCUT2D eigenvalue weighted by molar-refractivity contribution is -0.137. The van der Waals surface area contributed by atoms with Crippen LogP contribution in [0.15, 0.2) is 48.5 Å². The van der Waals surface area contributed by atoms with Crippen LogP contribution in [-0.4, -0.2) is 31.1 Å². The second-order valence-corrected chi connectivity index (χ2v) is 5.83. The maximum atomic E-state index is 14.3. The van der Waals surface area contributed by atoms with Crippen LogP contribution < -0.4 is 5.32 Å². The molecule has 24 heavy (non-hydrogen) atoms. The summed E-state index contributed by atoms with van der Waals surface area (Å²) in [5, 5.41) is 3.23. The van der Waals surface area contributed by atoms with E-state index in [0.717, 1.165) is 25.2 Å².